The summed E-state index contributed by atoms with van der Waals surface area (Å²) in [6.45, 7) is 4.43. The highest BCUT2D eigenvalue weighted by atomic mass is 16.8. The quantitative estimate of drug-likeness (QED) is 0.904. The molecule has 20 heavy (non-hydrogen) atoms. The van der Waals surface area contributed by atoms with Crippen molar-refractivity contribution >= 4 is 0 Å². The van der Waals surface area contributed by atoms with Gasteiger partial charge < -0.3 is 24.1 Å². The van der Waals surface area contributed by atoms with Crippen molar-refractivity contribution in [1.29, 1.82) is 0 Å². The first kappa shape index (κ1) is 14.0. The molecular formula is C15H20O5. The molecule has 1 aromatic carbocycles. The predicted octanol–water partition coefficient (Wildman–Crippen LogP) is 1.44. The van der Waals surface area contributed by atoms with Gasteiger partial charge in [-0.1, -0.05) is 30.3 Å². The predicted molar refractivity (Wildman–Crippen MR) is 70.8 cm³/mol. The Balaban J connectivity index is 1.49. The third-order valence-electron chi connectivity index (χ3n) is 3.51. The molecule has 1 unspecified atom stereocenters. The van der Waals surface area contributed by atoms with E-state index in [9.17, 15) is 5.11 Å². The molecule has 1 aromatic rings. The van der Waals surface area contributed by atoms with Gasteiger partial charge in [-0.05, 0) is 19.4 Å². The standard InChI is InChI=1S/C15H20O5/c1-15(2)19-13-12(16)11(18-14(13)20-15)9-17-8-10-6-4-3-5-7-10/h3-7,11-14,16H,8-9H2,1-2H3/t11-,12+,13-,14?/m1/s1. The summed E-state index contributed by atoms with van der Waals surface area (Å²) in [6.07, 6.45) is -2.08. The molecule has 3 rings (SSSR count). The second-order valence-corrected chi connectivity index (χ2v) is 5.63. The smallest absolute Gasteiger partial charge is 0.190 e. The number of ether oxygens (including phenoxy) is 4. The Morgan fingerprint density at radius 2 is 1.95 bits per heavy atom. The van der Waals surface area contributed by atoms with Crippen LogP contribution in [0.4, 0.5) is 0 Å². The molecule has 0 saturated carbocycles. The van der Waals surface area contributed by atoms with E-state index in [2.05, 4.69) is 0 Å². The van der Waals surface area contributed by atoms with E-state index in [0.717, 1.165) is 5.56 Å². The number of fused-ring (bicyclic) bond motifs is 1. The molecule has 0 bridgehead atoms. The van der Waals surface area contributed by atoms with E-state index in [1.807, 2.05) is 44.2 Å². The molecule has 2 heterocycles. The first-order valence-corrected chi connectivity index (χ1v) is 6.86. The van der Waals surface area contributed by atoms with Gasteiger partial charge >= 0.3 is 0 Å². The van der Waals surface area contributed by atoms with Crippen molar-refractivity contribution in [2.75, 3.05) is 6.61 Å². The summed E-state index contributed by atoms with van der Waals surface area (Å²) in [5.74, 6) is -0.702. The SMILES string of the molecule is CC1(C)OC2O[C@H](COCc3ccccc3)[C@H](O)[C@H]2O1. The summed E-state index contributed by atoms with van der Waals surface area (Å²) in [4.78, 5) is 0. The Bertz CT molecular complexity index is 447. The fourth-order valence-corrected chi connectivity index (χ4v) is 2.56. The minimum Gasteiger partial charge on any atom is -0.387 e. The third kappa shape index (κ3) is 2.87. The summed E-state index contributed by atoms with van der Waals surface area (Å²) >= 11 is 0. The zero-order valence-corrected chi connectivity index (χ0v) is 11.7. The lowest BCUT2D eigenvalue weighted by atomic mass is 10.1. The topological polar surface area (TPSA) is 57.2 Å². The van der Waals surface area contributed by atoms with Gasteiger partial charge in [-0.15, -0.1) is 0 Å². The highest BCUT2D eigenvalue weighted by Crippen LogP contribution is 2.37. The molecule has 0 aliphatic carbocycles. The Labute approximate surface area is 118 Å². The van der Waals surface area contributed by atoms with Crippen LogP contribution in [0.2, 0.25) is 0 Å². The minimum atomic E-state index is -0.724. The zero-order chi connectivity index (χ0) is 14.2. The van der Waals surface area contributed by atoms with Crippen LogP contribution in [0.15, 0.2) is 30.3 Å². The molecule has 5 nitrogen and oxygen atoms in total. The lowest BCUT2D eigenvalue weighted by Gasteiger charge is -2.22. The molecular weight excluding hydrogens is 260 g/mol. The maximum Gasteiger partial charge on any atom is 0.190 e. The molecule has 110 valence electrons. The number of hydrogen-bond acceptors (Lipinski definition) is 5. The molecule has 4 atom stereocenters. The molecule has 2 aliphatic heterocycles. The van der Waals surface area contributed by atoms with Crippen LogP contribution in [0.25, 0.3) is 0 Å². The molecule has 0 amide bonds. The monoisotopic (exact) mass is 280 g/mol. The molecule has 0 spiro atoms. The molecule has 0 radical (unpaired) electrons. The highest BCUT2D eigenvalue weighted by molar-refractivity contribution is 5.13. The largest absolute Gasteiger partial charge is 0.387 e. The maximum atomic E-state index is 10.2. The summed E-state index contributed by atoms with van der Waals surface area (Å²) in [5, 5.41) is 10.2. The normalized spacial score (nSPS) is 35.1. The second kappa shape index (κ2) is 5.42. The third-order valence-corrected chi connectivity index (χ3v) is 3.51. The van der Waals surface area contributed by atoms with Crippen LogP contribution in [-0.4, -0.2) is 42.1 Å². The summed E-state index contributed by atoms with van der Waals surface area (Å²) in [7, 11) is 0. The average molecular weight is 280 g/mol. The van der Waals surface area contributed by atoms with Gasteiger partial charge in [0.1, 0.15) is 18.3 Å². The Kier molecular flexibility index (Phi) is 3.79. The fourth-order valence-electron chi connectivity index (χ4n) is 2.56. The van der Waals surface area contributed by atoms with Crippen LogP contribution in [0.1, 0.15) is 19.4 Å². The fraction of sp³-hybridized carbons (Fsp3) is 0.600. The van der Waals surface area contributed by atoms with Crippen molar-refractivity contribution in [2.45, 2.75) is 50.8 Å². The van der Waals surface area contributed by atoms with Crippen LogP contribution in [-0.2, 0) is 25.6 Å². The van der Waals surface area contributed by atoms with Crippen molar-refractivity contribution in [1.82, 2.24) is 0 Å². The maximum absolute atomic E-state index is 10.2. The van der Waals surface area contributed by atoms with E-state index >= 15 is 0 Å². The van der Waals surface area contributed by atoms with E-state index in [1.54, 1.807) is 0 Å². The van der Waals surface area contributed by atoms with Gasteiger partial charge in [0, 0.05) is 0 Å². The lowest BCUT2D eigenvalue weighted by molar-refractivity contribution is -0.220. The molecule has 1 N–H and O–H groups in total. The molecule has 5 heteroatoms. The Morgan fingerprint density at radius 1 is 1.20 bits per heavy atom. The van der Waals surface area contributed by atoms with Gasteiger partial charge in [-0.3, -0.25) is 0 Å². The van der Waals surface area contributed by atoms with Crippen molar-refractivity contribution in [3.63, 3.8) is 0 Å². The molecule has 2 fully saturated rings. The summed E-state index contributed by atoms with van der Waals surface area (Å²) in [6, 6.07) is 9.89. The van der Waals surface area contributed by atoms with Gasteiger partial charge in [0.25, 0.3) is 0 Å². The lowest BCUT2D eigenvalue weighted by Crippen LogP contribution is -2.36. The van der Waals surface area contributed by atoms with Gasteiger partial charge in [0.2, 0.25) is 0 Å². The Hall–Kier alpha value is -0.980. The number of rotatable bonds is 4. The van der Waals surface area contributed by atoms with Gasteiger partial charge in [-0.25, -0.2) is 0 Å². The minimum absolute atomic E-state index is 0.316. The van der Waals surface area contributed by atoms with Crippen molar-refractivity contribution < 1.29 is 24.1 Å². The average Bonchev–Trinajstić information content (AvgIpc) is 2.86. The summed E-state index contributed by atoms with van der Waals surface area (Å²) < 4.78 is 22.4. The van der Waals surface area contributed by atoms with E-state index in [4.69, 9.17) is 18.9 Å². The van der Waals surface area contributed by atoms with Gasteiger partial charge in [0.05, 0.1) is 13.2 Å². The second-order valence-electron chi connectivity index (χ2n) is 5.63. The van der Waals surface area contributed by atoms with Crippen LogP contribution in [0.3, 0.4) is 0 Å². The van der Waals surface area contributed by atoms with Crippen molar-refractivity contribution in [2.24, 2.45) is 0 Å². The van der Waals surface area contributed by atoms with Crippen LogP contribution in [0.5, 0.6) is 0 Å². The summed E-state index contributed by atoms with van der Waals surface area (Å²) in [5.41, 5.74) is 1.09. The Morgan fingerprint density at radius 3 is 2.65 bits per heavy atom. The number of aliphatic hydroxyl groups excluding tert-OH is 1. The molecule has 2 saturated heterocycles. The van der Waals surface area contributed by atoms with Gasteiger partial charge in [0.15, 0.2) is 12.1 Å². The number of benzene rings is 1. The van der Waals surface area contributed by atoms with E-state index in [0.29, 0.717) is 13.2 Å². The van der Waals surface area contributed by atoms with Crippen LogP contribution < -0.4 is 0 Å². The first-order chi connectivity index (χ1) is 9.55. The van der Waals surface area contributed by atoms with Crippen molar-refractivity contribution in [3.05, 3.63) is 35.9 Å². The first-order valence-electron chi connectivity index (χ1n) is 6.86. The number of aliphatic hydroxyl groups is 1. The van der Waals surface area contributed by atoms with Crippen LogP contribution >= 0.6 is 0 Å². The van der Waals surface area contributed by atoms with Crippen LogP contribution in [0, 0.1) is 0 Å². The zero-order valence-electron chi connectivity index (χ0n) is 11.7. The van der Waals surface area contributed by atoms with E-state index < -0.39 is 30.4 Å². The van der Waals surface area contributed by atoms with Crippen molar-refractivity contribution in [3.8, 4) is 0 Å². The highest BCUT2D eigenvalue weighted by Gasteiger charge is 2.54. The van der Waals surface area contributed by atoms with E-state index in [1.165, 1.54) is 0 Å². The van der Waals surface area contributed by atoms with Gasteiger partial charge in [-0.2, -0.15) is 0 Å². The molecule has 0 aromatic heterocycles. The molecule has 2 aliphatic rings. The van der Waals surface area contributed by atoms with E-state index in [-0.39, 0.29) is 0 Å². The number of hydrogen-bond donors (Lipinski definition) is 1.